The van der Waals surface area contributed by atoms with E-state index in [1.54, 1.807) is 0 Å². The molecule has 0 aliphatic carbocycles. The summed E-state index contributed by atoms with van der Waals surface area (Å²) < 4.78 is 0. The van der Waals surface area contributed by atoms with Gasteiger partial charge in [-0.3, -0.25) is 4.79 Å². The van der Waals surface area contributed by atoms with Crippen LogP contribution in [0.1, 0.15) is 15.9 Å². The normalized spacial score (nSPS) is 15.4. The SMILES string of the molecule is CN1Cc2cc(C=O)ccc2N1. The van der Waals surface area contributed by atoms with Crippen molar-refractivity contribution in [2.24, 2.45) is 0 Å². The number of carbonyl (C=O) groups is 1. The Balaban J connectivity index is 2.41. The van der Waals surface area contributed by atoms with Gasteiger partial charge in [-0.25, -0.2) is 5.01 Å². The Morgan fingerprint density at radius 1 is 1.58 bits per heavy atom. The molecule has 1 aromatic rings. The van der Waals surface area contributed by atoms with E-state index in [2.05, 4.69) is 5.43 Å². The van der Waals surface area contributed by atoms with Gasteiger partial charge >= 0.3 is 0 Å². The largest absolute Gasteiger partial charge is 0.318 e. The summed E-state index contributed by atoms with van der Waals surface area (Å²) in [5.41, 5.74) is 6.19. The highest BCUT2D eigenvalue weighted by Gasteiger charge is 2.13. The van der Waals surface area contributed by atoms with Gasteiger partial charge in [0.2, 0.25) is 0 Å². The number of anilines is 1. The fraction of sp³-hybridized carbons (Fsp3) is 0.222. The van der Waals surface area contributed by atoms with E-state index in [0.29, 0.717) is 0 Å². The molecule has 1 heterocycles. The van der Waals surface area contributed by atoms with Crippen molar-refractivity contribution in [2.45, 2.75) is 6.54 Å². The predicted octanol–water partition coefficient (Wildman–Crippen LogP) is 1.27. The zero-order valence-corrected chi connectivity index (χ0v) is 6.87. The van der Waals surface area contributed by atoms with Crippen molar-refractivity contribution in [3.63, 3.8) is 0 Å². The van der Waals surface area contributed by atoms with Gasteiger partial charge < -0.3 is 5.43 Å². The molecular formula is C9H10N2O. The molecule has 62 valence electrons. The molecule has 3 heteroatoms. The molecule has 0 amide bonds. The number of carbonyl (C=O) groups excluding carboxylic acids is 1. The first-order valence-corrected chi connectivity index (χ1v) is 3.85. The maximum absolute atomic E-state index is 10.5. The van der Waals surface area contributed by atoms with Crippen LogP contribution in [0.25, 0.3) is 0 Å². The smallest absolute Gasteiger partial charge is 0.150 e. The average molecular weight is 162 g/mol. The lowest BCUT2D eigenvalue weighted by molar-refractivity contribution is 0.112. The molecule has 0 bridgehead atoms. The summed E-state index contributed by atoms with van der Waals surface area (Å²) in [4.78, 5) is 10.5. The van der Waals surface area contributed by atoms with Gasteiger partial charge in [-0.2, -0.15) is 0 Å². The molecule has 0 spiro atoms. The Morgan fingerprint density at radius 2 is 2.42 bits per heavy atom. The van der Waals surface area contributed by atoms with Gasteiger partial charge in [0.15, 0.2) is 0 Å². The molecule has 1 aromatic carbocycles. The first-order valence-electron chi connectivity index (χ1n) is 3.85. The number of hydrazine groups is 1. The summed E-state index contributed by atoms with van der Waals surface area (Å²) in [6.45, 7) is 0.858. The molecule has 1 aliphatic heterocycles. The molecule has 0 unspecified atom stereocenters. The monoisotopic (exact) mass is 162 g/mol. The molecule has 1 N–H and O–H groups in total. The topological polar surface area (TPSA) is 32.3 Å². The third kappa shape index (κ3) is 1.08. The van der Waals surface area contributed by atoms with Gasteiger partial charge in [0.05, 0.1) is 5.69 Å². The minimum atomic E-state index is 0.742. The molecule has 3 nitrogen and oxygen atoms in total. The number of nitrogens with zero attached hydrogens (tertiary/aromatic N) is 1. The second-order valence-corrected chi connectivity index (χ2v) is 3.00. The molecule has 0 fully saturated rings. The van der Waals surface area contributed by atoms with Crippen LogP contribution in [0, 0.1) is 0 Å². The molecule has 0 radical (unpaired) electrons. The Hall–Kier alpha value is -1.35. The number of fused-ring (bicyclic) bond motifs is 1. The van der Waals surface area contributed by atoms with Crippen LogP contribution in [0.4, 0.5) is 5.69 Å². The van der Waals surface area contributed by atoms with Crippen molar-refractivity contribution in [1.29, 1.82) is 0 Å². The Labute approximate surface area is 71.0 Å². The van der Waals surface area contributed by atoms with Crippen LogP contribution < -0.4 is 5.43 Å². The van der Waals surface area contributed by atoms with Crippen LogP contribution in [0.15, 0.2) is 18.2 Å². The van der Waals surface area contributed by atoms with Gasteiger partial charge in [-0.1, -0.05) is 0 Å². The van der Waals surface area contributed by atoms with Gasteiger partial charge in [0, 0.05) is 19.2 Å². The third-order valence-corrected chi connectivity index (χ3v) is 1.98. The van der Waals surface area contributed by atoms with Crippen molar-refractivity contribution in [3.05, 3.63) is 29.3 Å². The summed E-state index contributed by atoms with van der Waals surface area (Å²) in [7, 11) is 1.97. The van der Waals surface area contributed by atoms with E-state index in [9.17, 15) is 4.79 Å². The molecule has 0 atom stereocenters. The Kier molecular flexibility index (Phi) is 1.59. The highest BCUT2D eigenvalue weighted by atomic mass is 16.1. The first-order chi connectivity index (χ1) is 5.79. The lowest BCUT2D eigenvalue weighted by atomic mass is 10.1. The van der Waals surface area contributed by atoms with Crippen molar-refractivity contribution in [3.8, 4) is 0 Å². The van der Waals surface area contributed by atoms with E-state index in [-0.39, 0.29) is 0 Å². The quantitative estimate of drug-likeness (QED) is 0.631. The van der Waals surface area contributed by atoms with E-state index in [1.165, 1.54) is 5.56 Å². The van der Waals surface area contributed by atoms with Crippen LogP contribution in [0.2, 0.25) is 0 Å². The fourth-order valence-electron chi connectivity index (χ4n) is 1.43. The van der Waals surface area contributed by atoms with E-state index in [0.717, 1.165) is 24.1 Å². The van der Waals surface area contributed by atoms with Gasteiger partial charge in [-0.15, -0.1) is 0 Å². The van der Waals surface area contributed by atoms with Crippen LogP contribution >= 0.6 is 0 Å². The van der Waals surface area contributed by atoms with E-state index in [1.807, 2.05) is 30.3 Å². The third-order valence-electron chi connectivity index (χ3n) is 1.98. The van der Waals surface area contributed by atoms with Crippen LogP contribution in [0.5, 0.6) is 0 Å². The maximum Gasteiger partial charge on any atom is 0.150 e. The van der Waals surface area contributed by atoms with Crippen molar-refractivity contribution < 1.29 is 4.79 Å². The van der Waals surface area contributed by atoms with E-state index in [4.69, 9.17) is 0 Å². The highest BCUT2D eigenvalue weighted by molar-refractivity contribution is 5.77. The molecule has 1 aliphatic rings. The zero-order chi connectivity index (χ0) is 8.55. The summed E-state index contributed by atoms with van der Waals surface area (Å²) in [5, 5.41) is 1.99. The minimum absolute atomic E-state index is 0.742. The van der Waals surface area contributed by atoms with Crippen molar-refractivity contribution in [2.75, 3.05) is 12.5 Å². The summed E-state index contributed by atoms with van der Waals surface area (Å²) in [6, 6.07) is 5.67. The van der Waals surface area contributed by atoms with Gasteiger partial charge in [0.25, 0.3) is 0 Å². The zero-order valence-electron chi connectivity index (χ0n) is 6.87. The summed E-state index contributed by atoms with van der Waals surface area (Å²) in [5.74, 6) is 0. The van der Waals surface area contributed by atoms with Crippen LogP contribution in [0.3, 0.4) is 0 Å². The summed E-state index contributed by atoms with van der Waals surface area (Å²) >= 11 is 0. The minimum Gasteiger partial charge on any atom is -0.318 e. The first kappa shape index (κ1) is 7.31. The fourth-order valence-corrected chi connectivity index (χ4v) is 1.43. The number of aldehydes is 1. The second kappa shape index (κ2) is 2.60. The van der Waals surface area contributed by atoms with Crippen LogP contribution in [-0.2, 0) is 6.54 Å². The van der Waals surface area contributed by atoms with Crippen molar-refractivity contribution in [1.82, 2.24) is 5.01 Å². The van der Waals surface area contributed by atoms with Gasteiger partial charge in [0.1, 0.15) is 6.29 Å². The molecule has 2 rings (SSSR count). The second-order valence-electron chi connectivity index (χ2n) is 3.00. The number of benzene rings is 1. The maximum atomic E-state index is 10.5. The van der Waals surface area contributed by atoms with Gasteiger partial charge in [-0.05, 0) is 23.8 Å². The Morgan fingerprint density at radius 3 is 3.17 bits per heavy atom. The lowest BCUT2D eigenvalue weighted by Crippen LogP contribution is -2.16. The average Bonchev–Trinajstić information content (AvgIpc) is 2.43. The Bertz CT molecular complexity index is 322. The molecule has 12 heavy (non-hydrogen) atoms. The molecule has 0 saturated heterocycles. The molecular weight excluding hydrogens is 152 g/mol. The van der Waals surface area contributed by atoms with Crippen LogP contribution in [-0.4, -0.2) is 18.3 Å². The van der Waals surface area contributed by atoms with E-state index >= 15 is 0 Å². The standard InChI is InChI=1S/C9H10N2O/c1-11-5-8-4-7(6-12)2-3-9(8)10-11/h2-4,6,10H,5H2,1H3. The number of rotatable bonds is 1. The molecule has 0 aromatic heterocycles. The highest BCUT2D eigenvalue weighted by Crippen LogP contribution is 2.24. The summed E-state index contributed by atoms with van der Waals surface area (Å²) in [6.07, 6.45) is 0.874. The predicted molar refractivity (Wildman–Crippen MR) is 46.9 cm³/mol. The number of hydrogen-bond donors (Lipinski definition) is 1. The van der Waals surface area contributed by atoms with E-state index < -0.39 is 0 Å². The number of nitrogens with one attached hydrogen (secondary N) is 1. The molecule has 0 saturated carbocycles. The number of hydrogen-bond acceptors (Lipinski definition) is 3. The van der Waals surface area contributed by atoms with Crippen molar-refractivity contribution >= 4 is 12.0 Å². The lowest BCUT2D eigenvalue weighted by Gasteiger charge is -2.06.